The Kier molecular flexibility index (Phi) is 6.53. The Balaban J connectivity index is 2.41. The molecule has 0 radical (unpaired) electrons. The maximum atomic E-state index is 5.42. The highest BCUT2D eigenvalue weighted by atomic mass is 32.2. The van der Waals surface area contributed by atoms with E-state index >= 15 is 0 Å². The Morgan fingerprint density at radius 1 is 0.920 bits per heavy atom. The Morgan fingerprint density at radius 3 is 2.24 bits per heavy atom. The molecule has 0 amide bonds. The van der Waals surface area contributed by atoms with Crippen LogP contribution in [0.2, 0.25) is 0 Å². The predicted molar refractivity (Wildman–Crippen MR) is 100 cm³/mol. The fraction of sp³-hybridized carbons (Fsp3) is 0.176. The highest BCUT2D eigenvalue weighted by Crippen LogP contribution is 2.39. The van der Waals surface area contributed by atoms with E-state index in [1.54, 1.807) is 27.5 Å². The largest absolute Gasteiger partial charge is 0.497 e. The number of nitrogens with zero attached hydrogens (tertiary/aromatic N) is 2. The summed E-state index contributed by atoms with van der Waals surface area (Å²) >= 11 is 1.51. The summed E-state index contributed by atoms with van der Waals surface area (Å²) in [5.74, 6) is 2.08. The first-order valence-corrected chi connectivity index (χ1v) is 8.09. The van der Waals surface area contributed by atoms with Gasteiger partial charge in [-0.2, -0.15) is 5.10 Å². The summed E-state index contributed by atoms with van der Waals surface area (Å²) in [6, 6.07) is 11.3. The minimum Gasteiger partial charge on any atom is -0.497 e. The molecule has 0 aromatic heterocycles. The summed E-state index contributed by atoms with van der Waals surface area (Å²) in [7, 11) is 4.85. The standard InChI is InChI=1S/C17H20N4O3S/c1-22-12-5-7-15(11(8-12)10-20-21-17(18)19)25-16-9-13(23-2)4-6-14(16)24-3/h4-10H,1-3H3,(H4,18,19,21)/b20-10+. The van der Waals surface area contributed by atoms with Gasteiger partial charge in [0.1, 0.15) is 17.2 Å². The normalized spacial score (nSPS) is 10.5. The molecule has 0 spiro atoms. The summed E-state index contributed by atoms with van der Waals surface area (Å²) in [6.45, 7) is 0. The SMILES string of the molecule is COc1ccc(Sc2cc(OC)ccc2OC)c(/C=N/N=C(N)N)c1. The van der Waals surface area contributed by atoms with Gasteiger partial charge in [0.05, 0.1) is 32.4 Å². The van der Waals surface area contributed by atoms with Crippen LogP contribution in [0.3, 0.4) is 0 Å². The quantitative estimate of drug-likeness (QED) is 0.446. The molecular weight excluding hydrogens is 340 g/mol. The zero-order valence-electron chi connectivity index (χ0n) is 14.2. The Bertz CT molecular complexity index is 789. The number of guanidine groups is 1. The lowest BCUT2D eigenvalue weighted by molar-refractivity contribution is 0.394. The lowest BCUT2D eigenvalue weighted by atomic mass is 10.2. The highest BCUT2D eigenvalue weighted by molar-refractivity contribution is 7.99. The first-order chi connectivity index (χ1) is 12.1. The molecule has 0 fully saturated rings. The zero-order chi connectivity index (χ0) is 18.2. The van der Waals surface area contributed by atoms with E-state index in [1.807, 2.05) is 36.4 Å². The highest BCUT2D eigenvalue weighted by Gasteiger charge is 2.10. The van der Waals surface area contributed by atoms with Crippen LogP contribution >= 0.6 is 11.8 Å². The number of hydrogen-bond donors (Lipinski definition) is 2. The van der Waals surface area contributed by atoms with Crippen molar-refractivity contribution in [2.75, 3.05) is 21.3 Å². The second-order valence-corrected chi connectivity index (χ2v) is 5.88. The van der Waals surface area contributed by atoms with Gasteiger partial charge in [-0.05, 0) is 36.4 Å². The van der Waals surface area contributed by atoms with Gasteiger partial charge in [-0.3, -0.25) is 0 Å². The average molecular weight is 360 g/mol. The maximum Gasteiger partial charge on any atom is 0.211 e. The van der Waals surface area contributed by atoms with Crippen LogP contribution in [0, 0.1) is 0 Å². The Morgan fingerprint density at radius 2 is 1.60 bits per heavy atom. The molecule has 132 valence electrons. The number of hydrogen-bond acceptors (Lipinski definition) is 6. The fourth-order valence-corrected chi connectivity index (χ4v) is 3.02. The van der Waals surface area contributed by atoms with Crippen LogP contribution in [-0.2, 0) is 0 Å². The van der Waals surface area contributed by atoms with Crippen LogP contribution in [0.4, 0.5) is 0 Å². The maximum absolute atomic E-state index is 5.42. The van der Waals surface area contributed by atoms with Gasteiger partial charge in [-0.1, -0.05) is 11.8 Å². The number of methoxy groups -OCH3 is 3. The molecular formula is C17H20N4O3S. The summed E-state index contributed by atoms with van der Waals surface area (Å²) < 4.78 is 16.0. The number of nitrogens with two attached hydrogens (primary N) is 2. The molecule has 0 atom stereocenters. The van der Waals surface area contributed by atoms with E-state index in [9.17, 15) is 0 Å². The summed E-state index contributed by atoms with van der Waals surface area (Å²) in [5, 5.41) is 7.51. The first-order valence-electron chi connectivity index (χ1n) is 7.27. The molecule has 0 heterocycles. The van der Waals surface area contributed by atoms with Crippen molar-refractivity contribution in [3.63, 3.8) is 0 Å². The molecule has 0 saturated carbocycles. The third-order valence-electron chi connectivity index (χ3n) is 3.18. The average Bonchev–Trinajstić information content (AvgIpc) is 2.62. The minimum absolute atomic E-state index is 0.109. The zero-order valence-corrected chi connectivity index (χ0v) is 15.0. The molecule has 2 aromatic rings. The first kappa shape index (κ1) is 18.5. The number of ether oxygens (including phenoxy) is 3. The Hall–Kier alpha value is -2.87. The lowest BCUT2D eigenvalue weighted by Crippen LogP contribution is -2.21. The van der Waals surface area contributed by atoms with E-state index in [1.165, 1.54) is 11.8 Å². The Labute approximate surface area is 150 Å². The second kappa shape index (κ2) is 8.84. The van der Waals surface area contributed by atoms with Crippen LogP contribution in [0.1, 0.15) is 5.56 Å². The number of benzene rings is 2. The molecule has 0 unspecified atom stereocenters. The smallest absolute Gasteiger partial charge is 0.211 e. The molecule has 7 nitrogen and oxygen atoms in total. The van der Waals surface area contributed by atoms with Crippen LogP contribution < -0.4 is 25.7 Å². The third kappa shape index (κ3) is 5.05. The molecule has 0 saturated heterocycles. The molecule has 2 rings (SSSR count). The lowest BCUT2D eigenvalue weighted by Gasteiger charge is -2.12. The molecule has 4 N–H and O–H groups in total. The second-order valence-electron chi connectivity index (χ2n) is 4.79. The van der Waals surface area contributed by atoms with E-state index in [0.29, 0.717) is 5.75 Å². The van der Waals surface area contributed by atoms with Crippen LogP contribution in [0.25, 0.3) is 0 Å². The van der Waals surface area contributed by atoms with Gasteiger partial charge in [0, 0.05) is 10.5 Å². The van der Waals surface area contributed by atoms with Crippen molar-refractivity contribution in [3.8, 4) is 17.2 Å². The number of rotatable bonds is 7. The molecule has 0 aliphatic heterocycles. The summed E-state index contributed by atoms with van der Waals surface area (Å²) in [6.07, 6.45) is 1.57. The van der Waals surface area contributed by atoms with Gasteiger partial charge in [0.15, 0.2) is 0 Å². The fourth-order valence-electron chi connectivity index (χ4n) is 1.99. The van der Waals surface area contributed by atoms with Crippen molar-refractivity contribution in [1.82, 2.24) is 0 Å². The van der Waals surface area contributed by atoms with E-state index in [2.05, 4.69) is 10.2 Å². The van der Waals surface area contributed by atoms with Gasteiger partial charge in [-0.25, -0.2) is 0 Å². The van der Waals surface area contributed by atoms with E-state index < -0.39 is 0 Å². The molecule has 0 bridgehead atoms. The van der Waals surface area contributed by atoms with E-state index in [-0.39, 0.29) is 5.96 Å². The van der Waals surface area contributed by atoms with Crippen molar-refractivity contribution in [3.05, 3.63) is 42.0 Å². The van der Waals surface area contributed by atoms with Crippen molar-refractivity contribution < 1.29 is 14.2 Å². The topological polar surface area (TPSA) is 104 Å². The summed E-state index contributed by atoms with van der Waals surface area (Å²) in [4.78, 5) is 1.84. The van der Waals surface area contributed by atoms with Crippen molar-refractivity contribution in [2.24, 2.45) is 21.7 Å². The third-order valence-corrected chi connectivity index (χ3v) is 4.31. The van der Waals surface area contributed by atoms with Gasteiger partial charge in [0.25, 0.3) is 0 Å². The van der Waals surface area contributed by atoms with Crippen molar-refractivity contribution >= 4 is 23.9 Å². The van der Waals surface area contributed by atoms with Crippen molar-refractivity contribution in [2.45, 2.75) is 9.79 Å². The van der Waals surface area contributed by atoms with Gasteiger partial charge >= 0.3 is 0 Å². The molecule has 0 aliphatic carbocycles. The van der Waals surface area contributed by atoms with E-state index in [0.717, 1.165) is 26.9 Å². The minimum atomic E-state index is -0.109. The van der Waals surface area contributed by atoms with Crippen LogP contribution in [-0.4, -0.2) is 33.5 Å². The van der Waals surface area contributed by atoms with Crippen LogP contribution in [0.15, 0.2) is 56.4 Å². The van der Waals surface area contributed by atoms with Gasteiger partial charge < -0.3 is 25.7 Å². The summed E-state index contributed by atoms with van der Waals surface area (Å²) in [5.41, 5.74) is 11.4. The van der Waals surface area contributed by atoms with E-state index in [4.69, 9.17) is 25.7 Å². The molecule has 8 heteroatoms. The molecule has 25 heavy (non-hydrogen) atoms. The van der Waals surface area contributed by atoms with Gasteiger partial charge in [0.2, 0.25) is 5.96 Å². The van der Waals surface area contributed by atoms with Crippen molar-refractivity contribution in [1.29, 1.82) is 0 Å². The molecule has 0 aliphatic rings. The predicted octanol–water partition coefficient (Wildman–Crippen LogP) is 2.47. The van der Waals surface area contributed by atoms with Gasteiger partial charge in [-0.15, -0.1) is 5.10 Å². The monoisotopic (exact) mass is 360 g/mol. The van der Waals surface area contributed by atoms with Crippen LogP contribution in [0.5, 0.6) is 17.2 Å². The molecule has 2 aromatic carbocycles.